The van der Waals surface area contributed by atoms with E-state index in [0.717, 1.165) is 33.4 Å². The Hall–Kier alpha value is -4.29. The molecule has 4 heterocycles. The molecule has 3 nitrogen and oxygen atoms in total. The molecule has 0 saturated carbocycles. The zero-order valence-electron chi connectivity index (χ0n) is 20.8. The van der Waals surface area contributed by atoms with E-state index in [1.165, 1.54) is 33.6 Å². The van der Waals surface area contributed by atoms with Gasteiger partial charge in [-0.25, -0.2) is 0 Å². The van der Waals surface area contributed by atoms with Crippen LogP contribution in [0.4, 0.5) is 11.4 Å². The van der Waals surface area contributed by atoms with Crippen LogP contribution in [-0.4, -0.2) is 16.8 Å². The van der Waals surface area contributed by atoms with Gasteiger partial charge in [0.2, 0.25) is 0 Å². The van der Waals surface area contributed by atoms with Gasteiger partial charge in [-0.2, -0.15) is 0 Å². The van der Waals surface area contributed by atoms with Crippen LogP contribution < -0.4 is 15.7 Å². The van der Waals surface area contributed by atoms with Crippen LogP contribution in [0.5, 0.6) is 0 Å². The van der Waals surface area contributed by atoms with E-state index < -0.39 is 0 Å². The van der Waals surface area contributed by atoms with Gasteiger partial charge in [0.1, 0.15) is 0 Å². The first-order valence-corrected chi connectivity index (χ1v) is 12.8. The third-order valence-corrected chi connectivity index (χ3v) is 7.55. The molecule has 2 aromatic heterocycles. The molecule has 0 N–H and O–H groups in total. The van der Waals surface area contributed by atoms with Crippen LogP contribution in [-0.2, 0) is 20.4 Å². The van der Waals surface area contributed by atoms with Crippen molar-refractivity contribution in [1.29, 1.82) is 0 Å². The summed E-state index contributed by atoms with van der Waals surface area (Å²) in [4.78, 5) is 11.7. The second-order valence-electron chi connectivity index (χ2n) is 9.64. The molecule has 0 fully saturated rings. The molecule has 0 unspecified atom stereocenters. The second-order valence-corrected chi connectivity index (χ2v) is 9.64. The van der Waals surface area contributed by atoms with Crippen molar-refractivity contribution in [3.63, 3.8) is 0 Å². The Morgan fingerprint density at radius 3 is 1.41 bits per heavy atom. The van der Waals surface area contributed by atoms with Crippen LogP contribution in [0.3, 0.4) is 0 Å². The van der Waals surface area contributed by atoms with Crippen LogP contribution in [0.1, 0.15) is 0 Å². The van der Waals surface area contributed by atoms with Gasteiger partial charge in [-0.3, -0.25) is 0 Å². The topological polar surface area (TPSA) is 29.0 Å². The van der Waals surface area contributed by atoms with Crippen LogP contribution in [0.15, 0.2) is 122 Å². The Labute approximate surface area is 242 Å². The van der Waals surface area contributed by atoms with Gasteiger partial charge in [0.25, 0.3) is 6.85 Å². The molecule has 0 saturated heterocycles. The van der Waals surface area contributed by atoms with E-state index in [0.29, 0.717) is 0 Å². The first-order valence-electron chi connectivity index (χ1n) is 12.8. The molecule has 2 aliphatic heterocycles. The summed E-state index contributed by atoms with van der Waals surface area (Å²) in [6, 6.07) is 45.7. The van der Waals surface area contributed by atoms with E-state index in [2.05, 4.69) is 99.7 Å². The van der Waals surface area contributed by atoms with E-state index >= 15 is 0 Å². The van der Waals surface area contributed by atoms with E-state index in [4.69, 9.17) is 0 Å². The van der Waals surface area contributed by atoms with Crippen molar-refractivity contribution in [3.8, 4) is 44.8 Å². The van der Waals surface area contributed by atoms with Gasteiger partial charge in [-0.1, -0.05) is 60.7 Å². The number of rotatable bonds is 2. The van der Waals surface area contributed by atoms with E-state index in [1.54, 1.807) is 0 Å². The fourth-order valence-electron chi connectivity index (χ4n) is 5.90. The molecule has 8 rings (SSSR count). The minimum Gasteiger partial charge on any atom is -0.380 e. The number of benzene rings is 4. The minimum absolute atomic E-state index is 0. The maximum Gasteiger partial charge on any atom is 2.00 e. The molecule has 0 amide bonds. The number of hydrogen-bond donors (Lipinski definition) is 0. The van der Waals surface area contributed by atoms with Crippen molar-refractivity contribution < 1.29 is 20.4 Å². The maximum absolute atomic E-state index is 4.62. The monoisotopic (exact) mass is 587 g/mol. The number of anilines is 2. The average molecular weight is 588 g/mol. The van der Waals surface area contributed by atoms with Crippen LogP contribution in [0.25, 0.3) is 44.8 Å². The van der Waals surface area contributed by atoms with Gasteiger partial charge in [0.05, 0.1) is 0 Å². The predicted octanol–water partition coefficient (Wildman–Crippen LogP) is 6.31. The van der Waals surface area contributed by atoms with Gasteiger partial charge in [-0.15, -0.1) is 69.6 Å². The molecule has 5 heteroatoms. The summed E-state index contributed by atoms with van der Waals surface area (Å²) in [5.41, 5.74) is 13.3. The molecular weight excluding hydrogens is 568 g/mol. The summed E-state index contributed by atoms with van der Waals surface area (Å²) >= 11 is 0. The smallest absolute Gasteiger partial charge is 0.380 e. The zero-order chi connectivity index (χ0) is 25.1. The summed E-state index contributed by atoms with van der Waals surface area (Å²) in [5.74, 6) is 0. The van der Waals surface area contributed by atoms with Gasteiger partial charge in [0.15, 0.2) is 0 Å². The van der Waals surface area contributed by atoms with Crippen molar-refractivity contribution in [2.24, 2.45) is 0 Å². The molecule has 2 aliphatic rings. The SMILES string of the molecule is [Pd+2].[c-]1c(-c2ccccn2)ccc2c1B1c3[c-]c(-c4ccccn4)ccc3-c3ccccc3N1c1ccccc1-2. The Morgan fingerprint density at radius 1 is 0.487 bits per heavy atom. The normalized spacial score (nSPS) is 12.3. The second kappa shape index (κ2) is 9.47. The summed E-state index contributed by atoms with van der Waals surface area (Å²) in [6.45, 7) is -0.0860. The maximum atomic E-state index is 4.62. The Bertz CT molecular complexity index is 1710. The molecule has 0 bridgehead atoms. The largest absolute Gasteiger partial charge is 2.00 e. The molecule has 184 valence electrons. The van der Waals surface area contributed by atoms with Crippen LogP contribution in [0.2, 0.25) is 0 Å². The van der Waals surface area contributed by atoms with Gasteiger partial charge in [-0.05, 0) is 46.8 Å². The fourth-order valence-corrected chi connectivity index (χ4v) is 5.90. The Balaban J connectivity index is 0.00000253. The van der Waals surface area contributed by atoms with Crippen molar-refractivity contribution >= 4 is 29.1 Å². The molecule has 6 aromatic rings. The molecular formula is C34H20BN3Pd. The van der Waals surface area contributed by atoms with Crippen molar-refractivity contribution in [3.05, 3.63) is 134 Å². The van der Waals surface area contributed by atoms with E-state index in [-0.39, 0.29) is 27.3 Å². The summed E-state index contributed by atoms with van der Waals surface area (Å²) in [5, 5.41) is 0. The van der Waals surface area contributed by atoms with Crippen molar-refractivity contribution in [2.45, 2.75) is 0 Å². The summed E-state index contributed by atoms with van der Waals surface area (Å²) < 4.78 is 0. The molecule has 0 radical (unpaired) electrons. The van der Waals surface area contributed by atoms with Gasteiger partial charge in [0, 0.05) is 23.8 Å². The standard InChI is InChI=1S/C34H20BN3.Pd/c1-3-13-33-27(9-1)25-17-15-23(31-11-5-7-19-36-31)21-29(25)35-30-22-24(32-12-6-8-20-37-32)16-18-26(30)28-10-2-4-14-34(28)38(33)35;/h1-20H;/q-2;+2. The van der Waals surface area contributed by atoms with Crippen molar-refractivity contribution in [2.75, 3.05) is 4.81 Å². The average Bonchev–Trinajstić information content (AvgIpc) is 3.01. The molecule has 0 atom stereocenters. The molecule has 39 heavy (non-hydrogen) atoms. The third kappa shape index (κ3) is 3.70. The van der Waals surface area contributed by atoms with E-state index in [9.17, 15) is 0 Å². The third-order valence-electron chi connectivity index (χ3n) is 7.55. The van der Waals surface area contributed by atoms with Crippen molar-refractivity contribution in [1.82, 2.24) is 9.97 Å². The first kappa shape index (κ1) is 23.8. The van der Waals surface area contributed by atoms with Crippen LogP contribution in [0, 0.1) is 12.1 Å². The molecule has 4 aromatic carbocycles. The summed E-state index contributed by atoms with van der Waals surface area (Å²) in [7, 11) is 0. The summed E-state index contributed by atoms with van der Waals surface area (Å²) in [6.07, 6.45) is 3.67. The fraction of sp³-hybridized carbons (Fsp3) is 0. The number of nitrogens with zero attached hydrogens (tertiary/aromatic N) is 3. The van der Waals surface area contributed by atoms with Gasteiger partial charge < -0.3 is 14.8 Å². The predicted molar refractivity (Wildman–Crippen MR) is 155 cm³/mol. The quantitative estimate of drug-likeness (QED) is 0.176. The Kier molecular flexibility index (Phi) is 5.78. The number of hydrogen-bond acceptors (Lipinski definition) is 3. The zero-order valence-corrected chi connectivity index (χ0v) is 22.3. The first-order chi connectivity index (χ1) is 18.9. The molecule has 0 spiro atoms. The number of para-hydroxylation sites is 2. The number of fused-ring (bicyclic) bond motifs is 11. The Morgan fingerprint density at radius 2 is 0.949 bits per heavy atom. The van der Waals surface area contributed by atoms with Crippen LogP contribution >= 0.6 is 0 Å². The number of pyridine rings is 2. The van der Waals surface area contributed by atoms with E-state index in [1.807, 2.05) is 48.8 Å². The molecule has 0 aliphatic carbocycles. The minimum atomic E-state index is -0.0860. The van der Waals surface area contributed by atoms with Gasteiger partial charge >= 0.3 is 20.4 Å². The number of aromatic nitrogens is 2.